The topological polar surface area (TPSA) is 18.5 Å². The van der Waals surface area contributed by atoms with Gasteiger partial charge >= 0.3 is 7.69 Å². The van der Waals surface area contributed by atoms with E-state index in [4.69, 9.17) is 9.31 Å². The molecule has 2 nitrogen and oxygen atoms in total. The van der Waals surface area contributed by atoms with Gasteiger partial charge in [-0.05, 0) is 24.3 Å². The molecule has 0 fully saturated rings. The van der Waals surface area contributed by atoms with Crippen molar-refractivity contribution < 1.29 is 18.1 Å². The molecule has 5 heteroatoms. The second-order valence-corrected chi connectivity index (χ2v) is 5.59. The molecule has 0 saturated carbocycles. The summed E-state index contributed by atoms with van der Waals surface area (Å²) >= 11 is 0. The van der Waals surface area contributed by atoms with Gasteiger partial charge in [-0.25, -0.2) is 8.78 Å². The van der Waals surface area contributed by atoms with Gasteiger partial charge in [0.1, 0.15) is 23.1 Å². The molecular formula is C20H13BF2O2. The smallest absolute Gasteiger partial charge is 0.528 e. The van der Waals surface area contributed by atoms with Gasteiger partial charge in [-0.3, -0.25) is 0 Å². The number of hydrogen-bond acceptors (Lipinski definition) is 2. The zero-order valence-electron chi connectivity index (χ0n) is 13.2. The van der Waals surface area contributed by atoms with Gasteiger partial charge in [0.2, 0.25) is 0 Å². The summed E-state index contributed by atoms with van der Waals surface area (Å²) in [6, 6.07) is 20.1. The Kier molecular flexibility index (Phi) is 3.98. The molecule has 25 heavy (non-hydrogen) atoms. The summed E-state index contributed by atoms with van der Waals surface area (Å²) in [5.41, 5.74) is 0. The zero-order chi connectivity index (χ0) is 17.2. The fourth-order valence-corrected chi connectivity index (χ4v) is 2.88. The maximum absolute atomic E-state index is 13.8. The van der Waals surface area contributed by atoms with E-state index in [0.717, 1.165) is 0 Å². The second kappa shape index (κ2) is 6.44. The summed E-state index contributed by atoms with van der Waals surface area (Å²) in [6.45, 7) is 0. The summed E-state index contributed by atoms with van der Waals surface area (Å²) in [6.07, 6.45) is 0. The highest BCUT2D eigenvalue weighted by molar-refractivity contribution is 6.22. The molecule has 0 spiro atoms. The van der Waals surface area contributed by atoms with Crippen LogP contribution in [0.25, 0.3) is 21.5 Å². The molecule has 0 aliphatic rings. The van der Waals surface area contributed by atoms with E-state index in [0.29, 0.717) is 33.0 Å². The molecule has 4 rings (SSSR count). The minimum Gasteiger partial charge on any atom is -0.528 e. The lowest BCUT2D eigenvalue weighted by atomic mass is 10.1. The second-order valence-electron chi connectivity index (χ2n) is 5.59. The summed E-state index contributed by atoms with van der Waals surface area (Å²) in [5, 5.41) is 2.34. The van der Waals surface area contributed by atoms with Crippen LogP contribution in [0, 0.1) is 11.6 Å². The lowest BCUT2D eigenvalue weighted by molar-refractivity contribution is 0.463. The molecule has 0 N–H and O–H groups in total. The first-order chi connectivity index (χ1) is 12.2. The molecule has 0 atom stereocenters. The maximum atomic E-state index is 13.8. The van der Waals surface area contributed by atoms with Crippen molar-refractivity contribution in [1.82, 2.24) is 0 Å². The average molecular weight is 334 g/mol. The van der Waals surface area contributed by atoms with Gasteiger partial charge < -0.3 is 9.31 Å². The van der Waals surface area contributed by atoms with Gasteiger partial charge in [-0.2, -0.15) is 0 Å². The molecule has 0 aromatic heterocycles. The minimum atomic E-state index is -0.298. The average Bonchev–Trinajstić information content (AvgIpc) is 2.66. The lowest BCUT2D eigenvalue weighted by Gasteiger charge is -2.12. The first kappa shape index (κ1) is 15.5. The van der Waals surface area contributed by atoms with E-state index in [2.05, 4.69) is 0 Å². The first-order valence-corrected chi connectivity index (χ1v) is 7.84. The number of rotatable bonds is 4. The Morgan fingerprint density at radius 3 is 1.36 bits per heavy atom. The normalized spacial score (nSPS) is 10.8. The minimum absolute atomic E-state index is 0.0642. The van der Waals surface area contributed by atoms with Crippen LogP contribution in [0.15, 0.2) is 72.8 Å². The van der Waals surface area contributed by atoms with Crippen molar-refractivity contribution in [3.8, 4) is 11.5 Å². The van der Waals surface area contributed by atoms with Gasteiger partial charge in [-0.15, -0.1) is 0 Å². The van der Waals surface area contributed by atoms with E-state index in [1.54, 1.807) is 48.5 Å². The third-order valence-corrected chi connectivity index (χ3v) is 4.09. The third kappa shape index (κ3) is 2.89. The van der Waals surface area contributed by atoms with Crippen LogP contribution in [-0.4, -0.2) is 7.69 Å². The summed E-state index contributed by atoms with van der Waals surface area (Å²) in [5.74, 6) is 0.466. The van der Waals surface area contributed by atoms with Gasteiger partial charge in [0.05, 0.1) is 0 Å². The van der Waals surface area contributed by atoms with Crippen LogP contribution >= 0.6 is 0 Å². The molecule has 0 heterocycles. The summed E-state index contributed by atoms with van der Waals surface area (Å²) in [7, 11) is -0.0642. The molecular weight excluding hydrogens is 321 g/mol. The predicted molar refractivity (Wildman–Crippen MR) is 96.2 cm³/mol. The van der Waals surface area contributed by atoms with Crippen molar-refractivity contribution in [3.05, 3.63) is 84.4 Å². The highest BCUT2D eigenvalue weighted by atomic mass is 19.1. The molecule has 0 bridgehead atoms. The van der Waals surface area contributed by atoms with Crippen molar-refractivity contribution in [2.75, 3.05) is 0 Å². The van der Waals surface area contributed by atoms with Crippen LogP contribution in [0.3, 0.4) is 0 Å². The predicted octanol–water partition coefficient (Wildman–Crippen LogP) is 5.00. The molecule has 0 amide bonds. The molecule has 0 unspecified atom stereocenters. The SMILES string of the molecule is Fc1ccc(OBOc2ccc(F)c3ccccc23)c2ccccc12. The zero-order valence-corrected chi connectivity index (χ0v) is 13.2. The van der Waals surface area contributed by atoms with Crippen LogP contribution in [0.5, 0.6) is 11.5 Å². The highest BCUT2D eigenvalue weighted by Crippen LogP contribution is 2.29. The van der Waals surface area contributed by atoms with E-state index in [1.165, 1.54) is 12.1 Å². The number of halogens is 2. The van der Waals surface area contributed by atoms with E-state index >= 15 is 0 Å². The van der Waals surface area contributed by atoms with E-state index < -0.39 is 0 Å². The molecule has 0 aliphatic carbocycles. The van der Waals surface area contributed by atoms with Crippen LogP contribution in [-0.2, 0) is 0 Å². The summed E-state index contributed by atoms with van der Waals surface area (Å²) in [4.78, 5) is 0. The highest BCUT2D eigenvalue weighted by Gasteiger charge is 2.10. The fraction of sp³-hybridized carbons (Fsp3) is 0. The lowest BCUT2D eigenvalue weighted by Crippen LogP contribution is -2.11. The number of hydrogen-bond donors (Lipinski definition) is 0. The van der Waals surface area contributed by atoms with E-state index in [9.17, 15) is 8.78 Å². The quantitative estimate of drug-likeness (QED) is 0.489. The Morgan fingerprint density at radius 2 is 0.920 bits per heavy atom. The molecule has 0 saturated heterocycles. The third-order valence-electron chi connectivity index (χ3n) is 4.09. The van der Waals surface area contributed by atoms with Crippen LogP contribution in [0.4, 0.5) is 8.78 Å². The van der Waals surface area contributed by atoms with E-state index in [-0.39, 0.29) is 19.3 Å². The van der Waals surface area contributed by atoms with Crippen molar-refractivity contribution >= 4 is 29.2 Å². The molecule has 122 valence electrons. The van der Waals surface area contributed by atoms with Crippen LogP contribution < -0.4 is 9.31 Å². The Balaban J connectivity index is 1.58. The first-order valence-electron chi connectivity index (χ1n) is 7.84. The largest absolute Gasteiger partial charge is 0.576 e. The Hall–Kier alpha value is -3.08. The van der Waals surface area contributed by atoms with Crippen molar-refractivity contribution in [2.24, 2.45) is 0 Å². The van der Waals surface area contributed by atoms with Gasteiger partial charge in [0, 0.05) is 21.5 Å². The molecule has 4 aromatic rings. The standard InChI is InChI=1S/C20H13BF2O2/c22-17-9-11-19(15-7-3-1-5-13(15)17)24-21-25-20-12-10-18(23)14-6-2-4-8-16(14)20/h1-12,21H. The Bertz CT molecular complexity index is 981. The monoisotopic (exact) mass is 334 g/mol. The Morgan fingerprint density at radius 1 is 0.520 bits per heavy atom. The fourth-order valence-electron chi connectivity index (χ4n) is 2.88. The number of fused-ring (bicyclic) bond motifs is 2. The Labute approximate surface area is 143 Å². The van der Waals surface area contributed by atoms with Crippen molar-refractivity contribution in [2.45, 2.75) is 0 Å². The number of benzene rings is 4. The van der Waals surface area contributed by atoms with Gasteiger partial charge in [0.25, 0.3) is 0 Å². The van der Waals surface area contributed by atoms with Gasteiger partial charge in [0.15, 0.2) is 0 Å². The van der Waals surface area contributed by atoms with Crippen LogP contribution in [0.2, 0.25) is 0 Å². The van der Waals surface area contributed by atoms with E-state index in [1.807, 2.05) is 12.1 Å². The van der Waals surface area contributed by atoms with Gasteiger partial charge in [-0.1, -0.05) is 48.5 Å². The molecule has 4 aromatic carbocycles. The van der Waals surface area contributed by atoms with Crippen molar-refractivity contribution in [1.29, 1.82) is 0 Å². The van der Waals surface area contributed by atoms with Crippen LogP contribution in [0.1, 0.15) is 0 Å². The summed E-state index contributed by atoms with van der Waals surface area (Å²) < 4.78 is 39.0. The molecule has 0 aliphatic heterocycles. The van der Waals surface area contributed by atoms with Crippen molar-refractivity contribution in [3.63, 3.8) is 0 Å². The maximum Gasteiger partial charge on any atom is 0.576 e. The molecule has 0 radical (unpaired) electrons.